The molecule has 6 nitrogen and oxygen atoms in total. The normalized spacial score (nSPS) is 17.0. The number of nitrogens with two attached hydrogens (primary N) is 1. The quantitative estimate of drug-likeness (QED) is 0.889. The van der Waals surface area contributed by atoms with Crippen LogP contribution in [0.2, 0.25) is 0 Å². The molecule has 3 rings (SSSR count). The molecule has 0 unspecified atom stereocenters. The highest BCUT2D eigenvalue weighted by molar-refractivity contribution is 7.92. The van der Waals surface area contributed by atoms with Gasteiger partial charge in [-0.2, -0.15) is 0 Å². The number of anilines is 1. The van der Waals surface area contributed by atoms with Gasteiger partial charge in [-0.1, -0.05) is 18.2 Å². The van der Waals surface area contributed by atoms with E-state index in [1.165, 1.54) is 13.2 Å². The molecule has 0 fully saturated rings. The molecule has 0 amide bonds. The van der Waals surface area contributed by atoms with Crippen molar-refractivity contribution in [2.24, 2.45) is 5.73 Å². The Balaban J connectivity index is 2.04. The van der Waals surface area contributed by atoms with E-state index in [1.54, 1.807) is 30.3 Å². The van der Waals surface area contributed by atoms with Gasteiger partial charge in [0.25, 0.3) is 10.0 Å². The van der Waals surface area contributed by atoms with Crippen LogP contribution in [0.15, 0.2) is 47.4 Å². The zero-order valence-electron chi connectivity index (χ0n) is 12.7. The number of benzene rings is 2. The average Bonchev–Trinajstić information content (AvgIpc) is 2.54. The Hall–Kier alpha value is -2.25. The predicted molar refractivity (Wildman–Crippen MR) is 87.4 cm³/mol. The van der Waals surface area contributed by atoms with Gasteiger partial charge in [0.2, 0.25) is 0 Å². The van der Waals surface area contributed by atoms with Gasteiger partial charge in [0.15, 0.2) is 0 Å². The fourth-order valence-electron chi connectivity index (χ4n) is 2.57. The van der Waals surface area contributed by atoms with Crippen molar-refractivity contribution in [3.63, 3.8) is 0 Å². The van der Waals surface area contributed by atoms with E-state index in [2.05, 4.69) is 4.72 Å². The van der Waals surface area contributed by atoms with Crippen LogP contribution in [0.4, 0.5) is 5.69 Å². The van der Waals surface area contributed by atoms with Crippen LogP contribution in [0.3, 0.4) is 0 Å². The van der Waals surface area contributed by atoms with Crippen LogP contribution < -0.4 is 19.9 Å². The monoisotopic (exact) mass is 334 g/mol. The molecule has 1 aliphatic rings. The Labute approximate surface area is 135 Å². The molecule has 0 aliphatic carbocycles. The first-order chi connectivity index (χ1) is 11.0. The maximum Gasteiger partial charge on any atom is 0.265 e. The van der Waals surface area contributed by atoms with Gasteiger partial charge in [0.1, 0.15) is 23.0 Å². The minimum Gasteiger partial charge on any atom is -0.496 e. The lowest BCUT2D eigenvalue weighted by molar-refractivity contribution is 0.251. The maximum absolute atomic E-state index is 12.7. The molecule has 0 spiro atoms. The van der Waals surface area contributed by atoms with E-state index in [9.17, 15) is 8.42 Å². The number of hydrogen-bond acceptors (Lipinski definition) is 5. The third-order valence-corrected chi connectivity index (χ3v) is 5.03. The van der Waals surface area contributed by atoms with E-state index in [0.717, 1.165) is 0 Å². The SMILES string of the molecule is COc1ccc(S(=O)(=O)Nc2ccccc2)c2c1C[C@@H](N)CO2. The molecule has 0 radical (unpaired) electrons. The number of ether oxygens (including phenoxy) is 2. The smallest absolute Gasteiger partial charge is 0.265 e. The summed E-state index contributed by atoms with van der Waals surface area (Å²) >= 11 is 0. The molecule has 23 heavy (non-hydrogen) atoms. The highest BCUT2D eigenvalue weighted by Crippen LogP contribution is 2.38. The summed E-state index contributed by atoms with van der Waals surface area (Å²) in [5, 5.41) is 0. The molecule has 0 aromatic heterocycles. The molecule has 1 atom stereocenters. The van der Waals surface area contributed by atoms with Gasteiger partial charge < -0.3 is 15.2 Å². The van der Waals surface area contributed by atoms with Crippen LogP contribution in [-0.2, 0) is 16.4 Å². The van der Waals surface area contributed by atoms with Crippen molar-refractivity contribution >= 4 is 15.7 Å². The number of methoxy groups -OCH3 is 1. The van der Waals surface area contributed by atoms with Crippen molar-refractivity contribution in [3.8, 4) is 11.5 Å². The maximum atomic E-state index is 12.7. The summed E-state index contributed by atoms with van der Waals surface area (Å²) in [6.45, 7) is 0.272. The average molecular weight is 334 g/mol. The molecule has 7 heteroatoms. The summed E-state index contributed by atoms with van der Waals surface area (Å²) < 4.78 is 38.8. The van der Waals surface area contributed by atoms with Gasteiger partial charge in [-0.3, -0.25) is 4.72 Å². The van der Waals surface area contributed by atoms with Crippen molar-refractivity contribution in [1.82, 2.24) is 0 Å². The van der Waals surface area contributed by atoms with E-state index in [0.29, 0.717) is 29.2 Å². The zero-order valence-corrected chi connectivity index (χ0v) is 13.5. The summed E-state index contributed by atoms with van der Waals surface area (Å²) in [5.74, 6) is 0.892. The van der Waals surface area contributed by atoms with Crippen LogP contribution in [0.5, 0.6) is 11.5 Å². The Morgan fingerprint density at radius 3 is 2.65 bits per heavy atom. The second-order valence-electron chi connectivity index (χ2n) is 5.32. The van der Waals surface area contributed by atoms with Gasteiger partial charge in [0, 0.05) is 17.3 Å². The summed E-state index contributed by atoms with van der Waals surface area (Å²) in [6, 6.07) is 11.6. The van der Waals surface area contributed by atoms with Crippen LogP contribution >= 0.6 is 0 Å². The lowest BCUT2D eigenvalue weighted by Crippen LogP contribution is -2.34. The van der Waals surface area contributed by atoms with E-state index in [1.807, 2.05) is 6.07 Å². The highest BCUT2D eigenvalue weighted by Gasteiger charge is 2.29. The topological polar surface area (TPSA) is 90.7 Å². The number of nitrogens with one attached hydrogen (secondary N) is 1. The van der Waals surface area contributed by atoms with Gasteiger partial charge in [-0.15, -0.1) is 0 Å². The van der Waals surface area contributed by atoms with E-state index < -0.39 is 10.0 Å². The van der Waals surface area contributed by atoms with Crippen LogP contribution in [0.1, 0.15) is 5.56 Å². The molecule has 0 bridgehead atoms. The Bertz CT molecular complexity index is 806. The van der Waals surface area contributed by atoms with E-state index in [-0.39, 0.29) is 17.5 Å². The first-order valence-electron chi connectivity index (χ1n) is 7.17. The largest absolute Gasteiger partial charge is 0.496 e. The highest BCUT2D eigenvalue weighted by atomic mass is 32.2. The number of rotatable bonds is 4. The summed E-state index contributed by atoms with van der Waals surface area (Å²) in [4.78, 5) is 0.0871. The molecule has 2 aromatic carbocycles. The lowest BCUT2D eigenvalue weighted by Gasteiger charge is -2.26. The first-order valence-corrected chi connectivity index (χ1v) is 8.65. The third kappa shape index (κ3) is 3.11. The predicted octanol–water partition coefficient (Wildman–Crippen LogP) is 1.76. The van der Waals surface area contributed by atoms with Crippen LogP contribution in [0.25, 0.3) is 0 Å². The second kappa shape index (κ2) is 6.10. The summed E-state index contributed by atoms with van der Waals surface area (Å²) in [5.41, 5.74) is 7.08. The number of sulfonamides is 1. The van der Waals surface area contributed by atoms with E-state index >= 15 is 0 Å². The second-order valence-corrected chi connectivity index (χ2v) is 6.97. The molecular formula is C16H18N2O4S. The standard InChI is InChI=1S/C16H18N2O4S/c1-21-14-7-8-15(16-13(14)9-11(17)10-22-16)23(19,20)18-12-5-3-2-4-6-12/h2-8,11,18H,9-10,17H2,1H3/t11-/m1/s1. The third-order valence-electron chi connectivity index (χ3n) is 3.62. The molecule has 2 aromatic rings. The Kier molecular flexibility index (Phi) is 4.14. The fraction of sp³-hybridized carbons (Fsp3) is 0.250. The molecule has 122 valence electrons. The summed E-state index contributed by atoms with van der Waals surface area (Å²) in [6.07, 6.45) is 0.507. The van der Waals surface area contributed by atoms with Crippen molar-refractivity contribution in [1.29, 1.82) is 0 Å². The Morgan fingerprint density at radius 1 is 1.22 bits per heavy atom. The number of hydrogen-bond donors (Lipinski definition) is 2. The lowest BCUT2D eigenvalue weighted by atomic mass is 10.0. The first kappa shape index (κ1) is 15.6. The van der Waals surface area contributed by atoms with Gasteiger partial charge in [-0.05, 0) is 30.7 Å². The van der Waals surface area contributed by atoms with E-state index in [4.69, 9.17) is 15.2 Å². The van der Waals surface area contributed by atoms with Gasteiger partial charge >= 0.3 is 0 Å². The minimum absolute atomic E-state index is 0.0871. The summed E-state index contributed by atoms with van der Waals surface area (Å²) in [7, 11) is -2.23. The van der Waals surface area contributed by atoms with Crippen LogP contribution in [0, 0.1) is 0 Å². The fourth-order valence-corrected chi connectivity index (χ4v) is 3.80. The molecule has 0 saturated carbocycles. The van der Waals surface area contributed by atoms with Gasteiger partial charge in [-0.25, -0.2) is 8.42 Å². The number of fused-ring (bicyclic) bond motifs is 1. The molecular weight excluding hydrogens is 316 g/mol. The Morgan fingerprint density at radius 2 is 1.96 bits per heavy atom. The molecule has 1 aliphatic heterocycles. The van der Waals surface area contributed by atoms with Crippen molar-refractivity contribution in [3.05, 3.63) is 48.0 Å². The zero-order chi connectivity index (χ0) is 16.4. The van der Waals surface area contributed by atoms with Crippen LogP contribution in [-0.4, -0.2) is 28.2 Å². The van der Waals surface area contributed by atoms with Crippen molar-refractivity contribution < 1.29 is 17.9 Å². The molecule has 1 heterocycles. The van der Waals surface area contributed by atoms with Crippen molar-refractivity contribution in [2.75, 3.05) is 18.4 Å². The minimum atomic E-state index is -3.77. The molecule has 3 N–H and O–H groups in total. The van der Waals surface area contributed by atoms with Gasteiger partial charge in [0.05, 0.1) is 7.11 Å². The van der Waals surface area contributed by atoms with Crippen molar-refractivity contribution in [2.45, 2.75) is 17.4 Å². The molecule has 0 saturated heterocycles. The number of para-hydroxylation sites is 1.